The third kappa shape index (κ3) is 4.25. The number of pyridine rings is 1. The molecule has 0 aliphatic rings. The summed E-state index contributed by atoms with van der Waals surface area (Å²) >= 11 is 0. The lowest BCUT2D eigenvalue weighted by Gasteiger charge is -2.08. The van der Waals surface area contributed by atoms with Crippen molar-refractivity contribution in [1.29, 1.82) is 0 Å². The Hall–Kier alpha value is -4.13. The predicted octanol–water partition coefficient (Wildman–Crippen LogP) is 6.15. The fourth-order valence-electron chi connectivity index (χ4n) is 4.24. The third-order valence-corrected chi connectivity index (χ3v) is 6.16. The highest BCUT2D eigenvalue weighted by Gasteiger charge is 2.18. The first-order chi connectivity index (χ1) is 17.0. The van der Waals surface area contributed by atoms with Gasteiger partial charge in [0.2, 0.25) is 11.8 Å². The van der Waals surface area contributed by atoms with Gasteiger partial charge >= 0.3 is 0 Å². The summed E-state index contributed by atoms with van der Waals surface area (Å²) < 4.78 is 19.3. The van der Waals surface area contributed by atoms with Crippen LogP contribution in [0.15, 0.2) is 59.0 Å². The smallest absolute Gasteiger partial charge is 0.230 e. The van der Waals surface area contributed by atoms with Crippen molar-refractivity contribution in [2.45, 2.75) is 40.7 Å². The van der Waals surface area contributed by atoms with E-state index in [2.05, 4.69) is 43.1 Å². The highest BCUT2D eigenvalue weighted by molar-refractivity contribution is 5.84. The first-order valence-corrected chi connectivity index (χ1v) is 11.7. The first-order valence-electron chi connectivity index (χ1n) is 11.7. The number of ether oxygens (including phenoxy) is 2. The Kier molecular flexibility index (Phi) is 5.99. The van der Waals surface area contributed by atoms with Crippen molar-refractivity contribution in [3.05, 3.63) is 82.9 Å². The number of rotatable bonds is 7. The Morgan fingerprint density at radius 1 is 0.971 bits per heavy atom. The lowest BCUT2D eigenvalue weighted by molar-refractivity contribution is 0.288. The number of methoxy groups -OCH3 is 1. The highest BCUT2D eigenvalue weighted by atomic mass is 16.5. The second-order valence-electron chi connectivity index (χ2n) is 8.50. The van der Waals surface area contributed by atoms with E-state index in [9.17, 15) is 0 Å². The third-order valence-electron chi connectivity index (χ3n) is 6.16. The lowest BCUT2D eigenvalue weighted by Crippen LogP contribution is -2.02. The van der Waals surface area contributed by atoms with Crippen molar-refractivity contribution in [1.82, 2.24) is 19.7 Å². The molecule has 0 amide bonds. The second kappa shape index (κ2) is 9.25. The van der Waals surface area contributed by atoms with E-state index in [0.29, 0.717) is 29.0 Å². The molecule has 7 heteroatoms. The molecule has 178 valence electrons. The standard InChI is InChI=1S/C28H28N4O3/c1-6-20-11-13-21(14-12-20)32-27-26(18(3)31-32)17(2)15-25(30-27)34-16-23-19(4)35-28(29-23)22-9-7-8-10-24(22)33-5/h7-15H,6,16H2,1-5H3. The summed E-state index contributed by atoms with van der Waals surface area (Å²) in [6.07, 6.45) is 0.995. The maximum atomic E-state index is 6.10. The van der Waals surface area contributed by atoms with Gasteiger partial charge in [-0.25, -0.2) is 9.67 Å². The van der Waals surface area contributed by atoms with Crippen molar-refractivity contribution in [2.75, 3.05) is 7.11 Å². The number of hydrogen-bond donors (Lipinski definition) is 0. The highest BCUT2D eigenvalue weighted by Crippen LogP contribution is 2.31. The van der Waals surface area contributed by atoms with Crippen molar-refractivity contribution in [3.8, 4) is 28.8 Å². The first kappa shape index (κ1) is 22.7. The molecule has 3 heterocycles. The van der Waals surface area contributed by atoms with Crippen LogP contribution in [-0.4, -0.2) is 26.9 Å². The number of aryl methyl sites for hydroxylation is 4. The quantitative estimate of drug-likeness (QED) is 0.285. The van der Waals surface area contributed by atoms with Gasteiger partial charge in [0.15, 0.2) is 5.65 Å². The van der Waals surface area contributed by atoms with Crippen LogP contribution in [0.2, 0.25) is 0 Å². The van der Waals surface area contributed by atoms with Crippen LogP contribution in [0.1, 0.15) is 35.2 Å². The lowest BCUT2D eigenvalue weighted by atomic mass is 10.1. The van der Waals surface area contributed by atoms with Gasteiger partial charge in [-0.2, -0.15) is 10.1 Å². The summed E-state index contributed by atoms with van der Waals surface area (Å²) in [5.74, 6) is 2.42. The fraction of sp³-hybridized carbons (Fsp3) is 0.250. The Bertz CT molecular complexity index is 1500. The maximum Gasteiger partial charge on any atom is 0.230 e. The van der Waals surface area contributed by atoms with Crippen molar-refractivity contribution in [2.24, 2.45) is 0 Å². The summed E-state index contributed by atoms with van der Waals surface area (Å²) in [5.41, 5.74) is 6.53. The largest absolute Gasteiger partial charge is 0.496 e. The SMILES string of the molecule is CCc1ccc(-n2nc(C)c3c(C)cc(OCc4nc(-c5ccccc5OC)oc4C)nc32)cc1. The number of nitrogens with zero attached hydrogens (tertiary/aromatic N) is 4. The van der Waals surface area contributed by atoms with Crippen LogP contribution in [0.25, 0.3) is 28.2 Å². The molecule has 35 heavy (non-hydrogen) atoms. The van der Waals surface area contributed by atoms with Gasteiger partial charge in [0.1, 0.15) is 23.8 Å². The van der Waals surface area contributed by atoms with Crippen molar-refractivity contribution in [3.63, 3.8) is 0 Å². The molecular formula is C28H28N4O3. The number of hydrogen-bond acceptors (Lipinski definition) is 6. The summed E-state index contributed by atoms with van der Waals surface area (Å²) in [4.78, 5) is 9.47. The van der Waals surface area contributed by atoms with Gasteiger partial charge < -0.3 is 13.9 Å². The molecule has 7 nitrogen and oxygen atoms in total. The molecule has 0 aliphatic heterocycles. The molecule has 0 saturated heterocycles. The van der Waals surface area contributed by atoms with Crippen LogP contribution in [0.3, 0.4) is 0 Å². The van der Waals surface area contributed by atoms with Crippen LogP contribution < -0.4 is 9.47 Å². The zero-order chi connectivity index (χ0) is 24.5. The number of fused-ring (bicyclic) bond motifs is 1. The van der Waals surface area contributed by atoms with Crippen LogP contribution in [0.4, 0.5) is 0 Å². The summed E-state index contributed by atoms with van der Waals surface area (Å²) in [5, 5.41) is 5.80. The zero-order valence-electron chi connectivity index (χ0n) is 20.6. The minimum atomic E-state index is 0.237. The van der Waals surface area contributed by atoms with E-state index < -0.39 is 0 Å². The molecule has 2 aromatic carbocycles. The van der Waals surface area contributed by atoms with Gasteiger partial charge in [0.25, 0.3) is 0 Å². The topological polar surface area (TPSA) is 75.2 Å². The molecule has 5 aromatic rings. The Morgan fingerprint density at radius 2 is 1.74 bits per heavy atom. The van der Waals surface area contributed by atoms with E-state index in [1.54, 1.807) is 7.11 Å². The van der Waals surface area contributed by atoms with Gasteiger partial charge in [0, 0.05) is 11.5 Å². The van der Waals surface area contributed by atoms with Crippen LogP contribution in [0.5, 0.6) is 11.6 Å². The van der Waals surface area contributed by atoms with E-state index in [4.69, 9.17) is 24.0 Å². The molecular weight excluding hydrogens is 440 g/mol. The van der Waals surface area contributed by atoms with E-state index in [1.807, 2.05) is 48.9 Å². The van der Waals surface area contributed by atoms with Crippen molar-refractivity contribution >= 4 is 11.0 Å². The Morgan fingerprint density at radius 3 is 2.49 bits per heavy atom. The van der Waals surface area contributed by atoms with Crippen molar-refractivity contribution < 1.29 is 13.9 Å². The monoisotopic (exact) mass is 468 g/mol. The number of para-hydroxylation sites is 1. The predicted molar refractivity (Wildman–Crippen MR) is 135 cm³/mol. The fourth-order valence-corrected chi connectivity index (χ4v) is 4.24. The Balaban J connectivity index is 1.45. The molecule has 0 bridgehead atoms. The average Bonchev–Trinajstić information content (AvgIpc) is 3.42. The zero-order valence-corrected chi connectivity index (χ0v) is 20.6. The minimum absolute atomic E-state index is 0.237. The van der Waals surface area contributed by atoms with Gasteiger partial charge in [-0.15, -0.1) is 0 Å². The van der Waals surface area contributed by atoms with E-state index in [-0.39, 0.29) is 6.61 Å². The molecule has 0 spiro atoms. The van der Waals surface area contributed by atoms with Crippen LogP contribution in [-0.2, 0) is 13.0 Å². The molecule has 0 radical (unpaired) electrons. The maximum absolute atomic E-state index is 6.10. The summed E-state index contributed by atoms with van der Waals surface area (Å²) in [6, 6.07) is 18.0. The molecule has 0 aliphatic carbocycles. The number of aromatic nitrogens is 4. The van der Waals surface area contributed by atoms with Gasteiger partial charge in [-0.3, -0.25) is 0 Å². The average molecular weight is 469 g/mol. The molecule has 3 aromatic heterocycles. The van der Waals surface area contributed by atoms with E-state index >= 15 is 0 Å². The second-order valence-corrected chi connectivity index (χ2v) is 8.50. The molecule has 0 atom stereocenters. The number of oxazole rings is 1. The normalized spacial score (nSPS) is 11.2. The molecule has 5 rings (SSSR count). The van der Waals surface area contributed by atoms with Gasteiger partial charge in [0.05, 0.1) is 24.1 Å². The summed E-state index contributed by atoms with van der Waals surface area (Å²) in [6.45, 7) is 8.32. The molecule has 0 unspecified atom stereocenters. The molecule has 0 saturated carbocycles. The minimum Gasteiger partial charge on any atom is -0.496 e. The molecule has 0 fully saturated rings. The van der Waals surface area contributed by atoms with Crippen LogP contribution in [0, 0.1) is 20.8 Å². The van der Waals surface area contributed by atoms with Gasteiger partial charge in [-0.1, -0.05) is 31.2 Å². The van der Waals surface area contributed by atoms with Gasteiger partial charge in [-0.05, 0) is 62.6 Å². The number of benzene rings is 2. The van der Waals surface area contributed by atoms with E-state index in [0.717, 1.165) is 40.0 Å². The molecule has 0 N–H and O–H groups in total. The van der Waals surface area contributed by atoms with Crippen LogP contribution >= 0.6 is 0 Å². The van der Waals surface area contributed by atoms with E-state index in [1.165, 1.54) is 5.56 Å². The summed E-state index contributed by atoms with van der Waals surface area (Å²) in [7, 11) is 1.63. The Labute approximate surface area is 204 Å².